The lowest BCUT2D eigenvalue weighted by Gasteiger charge is -2.21. The van der Waals surface area contributed by atoms with Crippen LogP contribution in [-0.2, 0) is 27.9 Å². The van der Waals surface area contributed by atoms with Crippen LogP contribution in [0.5, 0.6) is 5.75 Å². The van der Waals surface area contributed by atoms with Crippen molar-refractivity contribution in [1.82, 2.24) is 0 Å². The van der Waals surface area contributed by atoms with Crippen LogP contribution in [0.1, 0.15) is 28.9 Å². The molecule has 0 radical (unpaired) electrons. The maximum Gasteiger partial charge on any atom is 0.189 e. The zero-order valence-corrected chi connectivity index (χ0v) is 13.4. The third-order valence-corrected chi connectivity index (χ3v) is 5.44. The van der Waals surface area contributed by atoms with Gasteiger partial charge in [-0.3, -0.25) is 4.21 Å². The van der Waals surface area contributed by atoms with Crippen LogP contribution in [0.2, 0.25) is 0 Å². The minimum Gasteiger partial charge on any atom is -0.467 e. The second kappa shape index (κ2) is 6.76. The summed E-state index contributed by atoms with van der Waals surface area (Å²) in [5.74, 6) is -0.0190. The molecule has 0 N–H and O–H groups in total. The Morgan fingerprint density at radius 3 is 2.65 bits per heavy atom. The normalized spacial score (nSPS) is 16.3. The van der Waals surface area contributed by atoms with E-state index in [1.807, 2.05) is 0 Å². The first-order valence-electron chi connectivity index (χ1n) is 7.19. The molecule has 0 bridgehead atoms. The van der Waals surface area contributed by atoms with Crippen LogP contribution in [0.4, 0.5) is 8.78 Å². The molecule has 0 aliphatic carbocycles. The van der Waals surface area contributed by atoms with Crippen LogP contribution >= 0.6 is 0 Å². The molecule has 1 aliphatic heterocycles. The Hall–Kier alpha value is -1.79. The molecule has 0 aromatic heterocycles. The van der Waals surface area contributed by atoms with Crippen LogP contribution < -0.4 is 4.74 Å². The predicted octanol–water partition coefficient (Wildman–Crippen LogP) is 3.84. The fourth-order valence-electron chi connectivity index (χ4n) is 2.53. The van der Waals surface area contributed by atoms with Crippen LogP contribution in [0.25, 0.3) is 0 Å². The number of rotatable bonds is 4. The van der Waals surface area contributed by atoms with E-state index in [1.54, 1.807) is 19.1 Å². The molecule has 2 aromatic carbocycles. The number of fused-ring (bicyclic) bond motifs is 1. The predicted molar refractivity (Wildman–Crippen MR) is 83.3 cm³/mol. The Labute approximate surface area is 135 Å². The smallest absolute Gasteiger partial charge is 0.189 e. The molecule has 0 fully saturated rings. The van der Waals surface area contributed by atoms with Gasteiger partial charge in [-0.2, -0.15) is 0 Å². The van der Waals surface area contributed by atoms with E-state index in [2.05, 4.69) is 0 Å². The first kappa shape index (κ1) is 16.1. The first-order chi connectivity index (χ1) is 11.0. The lowest BCUT2D eigenvalue weighted by Crippen LogP contribution is -2.15. The van der Waals surface area contributed by atoms with Gasteiger partial charge >= 0.3 is 0 Å². The summed E-state index contributed by atoms with van der Waals surface area (Å²) in [5, 5.41) is -0.297. The van der Waals surface area contributed by atoms with E-state index in [1.165, 1.54) is 24.3 Å². The van der Waals surface area contributed by atoms with E-state index in [9.17, 15) is 13.0 Å². The van der Waals surface area contributed by atoms with Crippen molar-refractivity contribution in [3.63, 3.8) is 0 Å². The van der Waals surface area contributed by atoms with Gasteiger partial charge in [0.25, 0.3) is 0 Å². The highest BCUT2D eigenvalue weighted by molar-refractivity contribution is 7.84. The van der Waals surface area contributed by atoms with Crippen molar-refractivity contribution in [2.75, 3.05) is 6.79 Å². The second-order valence-electron chi connectivity index (χ2n) is 5.38. The van der Waals surface area contributed by atoms with Gasteiger partial charge in [0.1, 0.15) is 17.4 Å². The summed E-state index contributed by atoms with van der Waals surface area (Å²) in [6.45, 7) is 2.19. The number of hydrogen-bond acceptors (Lipinski definition) is 3. The molecule has 0 amide bonds. The highest BCUT2D eigenvalue weighted by Gasteiger charge is 2.21. The van der Waals surface area contributed by atoms with E-state index in [0.717, 1.165) is 5.56 Å². The molecular weight excluding hydrogens is 322 g/mol. The average Bonchev–Trinajstić information content (AvgIpc) is 2.54. The Morgan fingerprint density at radius 1 is 1.17 bits per heavy atom. The van der Waals surface area contributed by atoms with Crippen molar-refractivity contribution < 1.29 is 22.5 Å². The molecule has 0 saturated carbocycles. The summed E-state index contributed by atoms with van der Waals surface area (Å²) in [7, 11) is -1.29. The lowest BCUT2D eigenvalue weighted by molar-refractivity contribution is -0.0171. The van der Waals surface area contributed by atoms with Crippen molar-refractivity contribution in [3.05, 3.63) is 64.7 Å². The average molecular weight is 338 g/mol. The monoisotopic (exact) mass is 338 g/mol. The fourth-order valence-corrected chi connectivity index (χ4v) is 3.76. The zero-order chi connectivity index (χ0) is 16.4. The third kappa shape index (κ3) is 3.59. The molecule has 6 heteroatoms. The van der Waals surface area contributed by atoms with E-state index in [0.29, 0.717) is 16.9 Å². The second-order valence-corrected chi connectivity index (χ2v) is 7.14. The Kier molecular flexibility index (Phi) is 4.73. The molecule has 0 spiro atoms. The number of halogens is 2. The van der Waals surface area contributed by atoms with Crippen molar-refractivity contribution in [2.24, 2.45) is 0 Å². The molecule has 122 valence electrons. The van der Waals surface area contributed by atoms with E-state index in [4.69, 9.17) is 9.47 Å². The Balaban J connectivity index is 1.82. The van der Waals surface area contributed by atoms with Gasteiger partial charge in [-0.15, -0.1) is 0 Å². The highest BCUT2D eigenvalue weighted by Crippen LogP contribution is 2.32. The van der Waals surface area contributed by atoms with Crippen molar-refractivity contribution in [1.29, 1.82) is 0 Å². The fraction of sp³-hybridized carbons (Fsp3) is 0.294. The van der Waals surface area contributed by atoms with Crippen molar-refractivity contribution in [2.45, 2.75) is 24.5 Å². The summed E-state index contributed by atoms with van der Waals surface area (Å²) >= 11 is 0. The SMILES string of the molecule is C[C@@H](c1ccc(F)cc1)[S@@](=O)Cc1cc(F)cc2c1OCOC2. The zero-order valence-electron chi connectivity index (χ0n) is 12.6. The van der Waals surface area contributed by atoms with E-state index in [-0.39, 0.29) is 30.2 Å². The van der Waals surface area contributed by atoms with E-state index >= 15 is 0 Å². The molecule has 2 aromatic rings. The molecule has 3 rings (SSSR count). The van der Waals surface area contributed by atoms with Crippen LogP contribution in [0, 0.1) is 11.6 Å². The number of benzene rings is 2. The highest BCUT2D eigenvalue weighted by atomic mass is 32.2. The lowest BCUT2D eigenvalue weighted by atomic mass is 10.1. The standard InChI is InChI=1S/C17H16F2O3S/c1-11(12-2-4-15(18)5-3-12)23(20)9-14-7-16(19)6-13-8-21-10-22-17(13)14/h2-7,11H,8-10H2,1H3/t11-,23-/m0/s1. The van der Waals surface area contributed by atoms with Crippen LogP contribution in [-0.4, -0.2) is 11.0 Å². The van der Waals surface area contributed by atoms with Gasteiger partial charge in [-0.05, 0) is 36.8 Å². The number of ether oxygens (including phenoxy) is 2. The molecule has 2 atom stereocenters. The Bertz CT molecular complexity index is 731. The van der Waals surface area contributed by atoms with Crippen LogP contribution in [0.15, 0.2) is 36.4 Å². The summed E-state index contributed by atoms with van der Waals surface area (Å²) in [6, 6.07) is 8.62. The van der Waals surface area contributed by atoms with E-state index < -0.39 is 16.6 Å². The first-order valence-corrected chi connectivity index (χ1v) is 8.57. The summed E-state index contributed by atoms with van der Waals surface area (Å²) in [5.41, 5.74) is 1.97. The van der Waals surface area contributed by atoms with Crippen molar-refractivity contribution in [3.8, 4) is 5.75 Å². The molecule has 0 unspecified atom stereocenters. The molecule has 1 heterocycles. The minimum atomic E-state index is -1.29. The van der Waals surface area contributed by atoms with Crippen molar-refractivity contribution >= 4 is 10.8 Å². The molecule has 0 saturated heterocycles. The van der Waals surface area contributed by atoms with Gasteiger partial charge in [-0.1, -0.05) is 12.1 Å². The largest absolute Gasteiger partial charge is 0.467 e. The maximum atomic E-state index is 13.7. The Morgan fingerprint density at radius 2 is 1.91 bits per heavy atom. The van der Waals surface area contributed by atoms with Gasteiger partial charge in [0.2, 0.25) is 0 Å². The molecule has 3 nitrogen and oxygen atoms in total. The minimum absolute atomic E-state index is 0.103. The maximum absolute atomic E-state index is 13.7. The quantitative estimate of drug-likeness (QED) is 0.850. The van der Waals surface area contributed by atoms with Gasteiger partial charge in [0.15, 0.2) is 6.79 Å². The number of hydrogen-bond donors (Lipinski definition) is 0. The summed E-state index contributed by atoms with van der Waals surface area (Å²) in [4.78, 5) is 0. The molecular formula is C17H16F2O3S. The summed E-state index contributed by atoms with van der Waals surface area (Å²) < 4.78 is 49.9. The topological polar surface area (TPSA) is 35.5 Å². The van der Waals surface area contributed by atoms with Gasteiger partial charge < -0.3 is 9.47 Å². The molecule has 23 heavy (non-hydrogen) atoms. The third-order valence-electron chi connectivity index (χ3n) is 3.78. The summed E-state index contributed by atoms with van der Waals surface area (Å²) in [6.07, 6.45) is 0. The van der Waals surface area contributed by atoms with Gasteiger partial charge in [-0.25, -0.2) is 8.78 Å². The van der Waals surface area contributed by atoms with Gasteiger partial charge in [0.05, 0.1) is 17.6 Å². The molecule has 1 aliphatic rings. The van der Waals surface area contributed by atoms with Crippen LogP contribution in [0.3, 0.4) is 0 Å². The van der Waals surface area contributed by atoms with Gasteiger partial charge in [0, 0.05) is 21.9 Å².